The molecular weight excluding hydrogens is 710 g/mol. The number of carbonyl (C=O) groups is 4. The smallest absolute Gasteiger partial charge is 0.410 e. The van der Waals surface area contributed by atoms with E-state index in [1.807, 2.05) is 55.7 Å². The van der Waals surface area contributed by atoms with Crippen molar-refractivity contribution in [2.24, 2.45) is 5.92 Å². The van der Waals surface area contributed by atoms with Crippen molar-refractivity contribution in [1.82, 2.24) is 24.3 Å². The van der Waals surface area contributed by atoms with E-state index in [0.29, 0.717) is 25.9 Å². The summed E-state index contributed by atoms with van der Waals surface area (Å²) in [6.07, 6.45) is 4.44. The predicted molar refractivity (Wildman–Crippen MR) is 201 cm³/mol. The van der Waals surface area contributed by atoms with Crippen LogP contribution < -0.4 is 0 Å². The number of ketones is 2. The minimum absolute atomic E-state index is 0.0431. The summed E-state index contributed by atoms with van der Waals surface area (Å²) in [7, 11) is 5.21. The normalized spacial score (nSPS) is 34.0. The molecule has 3 aliphatic rings. The van der Waals surface area contributed by atoms with Crippen LogP contribution in [0.3, 0.4) is 0 Å². The number of pyridine rings is 1. The molecule has 5 heterocycles. The largest absolute Gasteiger partial charge is 0.458 e. The van der Waals surface area contributed by atoms with Crippen LogP contribution in [-0.2, 0) is 44.6 Å². The number of esters is 1. The molecule has 10 atom stereocenters. The number of aromatic nitrogens is 3. The molecule has 55 heavy (non-hydrogen) atoms. The van der Waals surface area contributed by atoms with E-state index in [-0.39, 0.29) is 50.0 Å². The third kappa shape index (κ3) is 9.62. The molecule has 15 nitrogen and oxygen atoms in total. The molecule has 0 aromatic carbocycles. The zero-order valence-corrected chi connectivity index (χ0v) is 33.5. The third-order valence-electron chi connectivity index (χ3n) is 11.8. The van der Waals surface area contributed by atoms with Gasteiger partial charge in [-0.05, 0) is 86.0 Å². The van der Waals surface area contributed by atoms with Crippen LogP contribution in [0.1, 0.15) is 86.0 Å². The number of hydrogen-bond acceptors (Lipinski definition) is 13. The number of unbranched alkanes of at least 4 members (excludes halogenated alkanes) is 1. The Morgan fingerprint density at radius 1 is 1.09 bits per heavy atom. The quantitative estimate of drug-likeness (QED) is 0.196. The lowest BCUT2D eigenvalue weighted by Gasteiger charge is -2.45. The van der Waals surface area contributed by atoms with Crippen LogP contribution in [0.15, 0.2) is 37.1 Å². The van der Waals surface area contributed by atoms with Gasteiger partial charge in [-0.25, -0.2) is 9.78 Å². The molecule has 3 aliphatic heterocycles. The van der Waals surface area contributed by atoms with Crippen molar-refractivity contribution in [3.05, 3.63) is 37.1 Å². The molecule has 0 saturated carbocycles. The zero-order valence-electron chi connectivity index (χ0n) is 33.5. The number of ether oxygens (including phenoxy) is 5. The molecular formula is C40H59N5O10. The van der Waals surface area contributed by atoms with Gasteiger partial charge in [0.2, 0.25) is 0 Å². The Labute approximate surface area is 324 Å². The first-order valence-corrected chi connectivity index (χ1v) is 19.5. The fourth-order valence-corrected chi connectivity index (χ4v) is 7.98. The number of likely N-dealkylation sites (N-methyl/N-ethyl adjacent to an activating group) is 1. The highest BCUT2D eigenvalue weighted by Gasteiger charge is 2.57. The lowest BCUT2D eigenvalue weighted by Crippen LogP contribution is -2.57. The summed E-state index contributed by atoms with van der Waals surface area (Å²) in [5.41, 5.74) is -0.812. The van der Waals surface area contributed by atoms with Gasteiger partial charge in [0.25, 0.3) is 0 Å². The van der Waals surface area contributed by atoms with E-state index in [9.17, 15) is 24.3 Å². The van der Waals surface area contributed by atoms with Crippen LogP contribution in [0.5, 0.6) is 0 Å². The van der Waals surface area contributed by atoms with E-state index in [2.05, 4.69) is 9.97 Å². The van der Waals surface area contributed by atoms with Crippen LogP contribution in [0, 0.1) is 5.92 Å². The van der Waals surface area contributed by atoms with E-state index >= 15 is 0 Å². The fraction of sp³-hybridized carbons (Fsp3) is 0.700. The second kappa shape index (κ2) is 18.0. The first-order valence-electron chi connectivity index (χ1n) is 19.5. The van der Waals surface area contributed by atoms with Crippen LogP contribution in [0.4, 0.5) is 4.79 Å². The number of aryl methyl sites for hydroxylation is 1. The van der Waals surface area contributed by atoms with Crippen molar-refractivity contribution in [3.63, 3.8) is 0 Å². The number of hydrogen-bond donors (Lipinski definition) is 1. The highest BCUT2D eigenvalue weighted by Crippen LogP contribution is 2.40. The van der Waals surface area contributed by atoms with Gasteiger partial charge in [-0.1, -0.05) is 6.92 Å². The monoisotopic (exact) mass is 769 g/mol. The van der Waals surface area contributed by atoms with E-state index in [4.69, 9.17) is 23.7 Å². The van der Waals surface area contributed by atoms with Crippen molar-refractivity contribution in [2.75, 3.05) is 27.7 Å². The molecule has 0 radical (unpaired) electrons. The maximum atomic E-state index is 14.0. The number of rotatable bonds is 11. The molecule has 1 N–H and O–H groups in total. The maximum Gasteiger partial charge on any atom is 0.410 e. The number of Topliss-reactive ketones (excluding diaryl/α,β-unsaturated/α-hetero) is 2. The van der Waals surface area contributed by atoms with E-state index in [0.717, 1.165) is 17.7 Å². The molecule has 304 valence electrons. The Balaban J connectivity index is 1.35. The van der Waals surface area contributed by atoms with Gasteiger partial charge in [-0.3, -0.25) is 19.4 Å². The number of fused-ring (bicyclic) bond motifs is 1. The average molecular weight is 770 g/mol. The molecule has 1 unspecified atom stereocenters. The van der Waals surface area contributed by atoms with Crippen LogP contribution >= 0.6 is 0 Å². The molecule has 15 heteroatoms. The van der Waals surface area contributed by atoms with Gasteiger partial charge in [0, 0.05) is 69.7 Å². The summed E-state index contributed by atoms with van der Waals surface area (Å²) < 4.78 is 32.5. The van der Waals surface area contributed by atoms with Gasteiger partial charge in [0.1, 0.15) is 29.7 Å². The Morgan fingerprint density at radius 2 is 1.84 bits per heavy atom. The van der Waals surface area contributed by atoms with Crippen molar-refractivity contribution < 1.29 is 48.0 Å². The Morgan fingerprint density at radius 3 is 2.51 bits per heavy atom. The van der Waals surface area contributed by atoms with Crippen molar-refractivity contribution >= 4 is 23.6 Å². The predicted octanol–water partition coefficient (Wildman–Crippen LogP) is 4.19. The van der Waals surface area contributed by atoms with Crippen LogP contribution in [-0.4, -0.2) is 135 Å². The Kier molecular flexibility index (Phi) is 13.9. The third-order valence-corrected chi connectivity index (χ3v) is 11.8. The summed E-state index contributed by atoms with van der Waals surface area (Å²) in [6, 6.07) is 2.81. The van der Waals surface area contributed by atoms with Crippen molar-refractivity contribution in [3.8, 4) is 11.3 Å². The average Bonchev–Trinajstić information content (AvgIpc) is 3.73. The topological polar surface area (TPSA) is 172 Å². The Bertz CT molecular complexity index is 1640. The van der Waals surface area contributed by atoms with Crippen LogP contribution in [0.2, 0.25) is 0 Å². The summed E-state index contributed by atoms with van der Waals surface area (Å²) >= 11 is 0. The lowest BCUT2D eigenvalue weighted by atomic mass is 9.82. The van der Waals surface area contributed by atoms with E-state index in [1.54, 1.807) is 37.5 Å². The number of nitrogens with zero attached hydrogens (tertiary/aromatic N) is 5. The second-order valence-corrected chi connectivity index (χ2v) is 15.9. The maximum absolute atomic E-state index is 14.0. The fourth-order valence-electron chi connectivity index (χ4n) is 7.98. The number of aliphatic hydroxyl groups excluding tert-OH is 1. The molecule has 2 aromatic heterocycles. The van der Waals surface area contributed by atoms with Crippen molar-refractivity contribution in [2.45, 2.75) is 147 Å². The first-order chi connectivity index (χ1) is 26.1. The van der Waals surface area contributed by atoms with Gasteiger partial charge in [0.05, 0.1) is 35.9 Å². The van der Waals surface area contributed by atoms with Crippen molar-refractivity contribution in [1.29, 1.82) is 0 Å². The minimum Gasteiger partial charge on any atom is -0.458 e. The summed E-state index contributed by atoms with van der Waals surface area (Å²) in [4.78, 5) is 67.2. The van der Waals surface area contributed by atoms with E-state index < -0.39 is 65.6 Å². The summed E-state index contributed by atoms with van der Waals surface area (Å²) in [5, 5.41) is 11.3. The zero-order chi connectivity index (χ0) is 40.1. The van der Waals surface area contributed by atoms with Gasteiger partial charge >= 0.3 is 12.1 Å². The SMILES string of the molecule is CCC1OC(=O)[C@H](C)C(=O)C[C@@H](O[C@@H]2O[C@H](C)C[C@H](N(C)C)[C@H]2O)[C@](C)(OC)CCC(=O)C[C@H]2N(CCCCn3cnc(-c4cccnc4)c3)C(=O)O[C@]12C. The number of methoxy groups -OCH3 is 1. The molecule has 0 bridgehead atoms. The Hall–Kier alpha value is -3.76. The summed E-state index contributed by atoms with van der Waals surface area (Å²) in [5.74, 6) is -2.57. The highest BCUT2D eigenvalue weighted by atomic mass is 16.7. The number of cyclic esters (lactones) is 1. The molecule has 0 aliphatic carbocycles. The van der Waals surface area contributed by atoms with Gasteiger partial charge in [0.15, 0.2) is 11.9 Å². The van der Waals surface area contributed by atoms with Gasteiger partial charge in [-0.15, -0.1) is 0 Å². The standard InChI is InChI=1S/C40H59N5O10/c1-9-33-40(5)32(45(38(50)55-40)18-11-10-17-44-23-29(42-24-44)27-13-12-16-41-22-27)20-28(46)14-15-39(4,51-8)34(21-31(47)26(3)36(49)53-33)54-37-35(48)30(43(6)7)19-25(2)52-37/h12-13,16,22-26,30,32-35,37,48H,9-11,14-15,17-21H2,1-8H3/t25-,26-,30+,32-,33?,34-,35-,37+,39-,40+/m1/s1. The number of imidazole rings is 1. The lowest BCUT2D eigenvalue weighted by molar-refractivity contribution is -0.288. The van der Waals surface area contributed by atoms with Crippen LogP contribution in [0.25, 0.3) is 11.3 Å². The number of carbonyl (C=O) groups excluding carboxylic acids is 4. The molecule has 5 rings (SSSR count). The molecule has 3 fully saturated rings. The minimum atomic E-state index is -1.35. The first kappa shape index (κ1) is 42.4. The van der Waals surface area contributed by atoms with Gasteiger partial charge < -0.3 is 43.2 Å². The van der Waals surface area contributed by atoms with Gasteiger partial charge in [-0.2, -0.15) is 0 Å². The van der Waals surface area contributed by atoms with E-state index in [1.165, 1.54) is 14.0 Å². The molecule has 1 amide bonds. The second-order valence-electron chi connectivity index (χ2n) is 15.9. The number of amides is 1. The highest BCUT2D eigenvalue weighted by molar-refractivity contribution is 5.99. The molecule has 3 saturated heterocycles. The molecule has 0 spiro atoms. The molecule has 2 aromatic rings. The summed E-state index contributed by atoms with van der Waals surface area (Å²) in [6.45, 7) is 9.62. The number of aliphatic hydroxyl groups is 1.